The van der Waals surface area contributed by atoms with Crippen molar-refractivity contribution in [1.82, 2.24) is 0 Å². The maximum absolute atomic E-state index is 13.9. The van der Waals surface area contributed by atoms with Crippen molar-refractivity contribution < 1.29 is 4.39 Å². The lowest BCUT2D eigenvalue weighted by atomic mass is 10.1. The lowest BCUT2D eigenvalue weighted by molar-refractivity contribution is 0.619. The van der Waals surface area contributed by atoms with Gasteiger partial charge in [0.2, 0.25) is 0 Å². The first-order valence-corrected chi connectivity index (χ1v) is 8.29. The Morgan fingerprint density at radius 2 is 1.26 bits per heavy atom. The van der Waals surface area contributed by atoms with E-state index >= 15 is 0 Å². The summed E-state index contributed by atoms with van der Waals surface area (Å²) in [5.41, 5.74) is 3.27. The zero-order valence-corrected chi connectivity index (χ0v) is 14.2. The lowest BCUT2D eigenvalue weighted by Crippen LogP contribution is -2.22. The molecule has 0 atom stereocenters. The van der Waals surface area contributed by atoms with Gasteiger partial charge in [-0.05, 0) is 45.3 Å². The van der Waals surface area contributed by atoms with Crippen LogP contribution in [0.15, 0.2) is 83.3 Å². The van der Waals surface area contributed by atoms with E-state index in [1.54, 1.807) is 12.1 Å². The molecular formula is C20H17BrFN. The molecule has 0 fully saturated rings. The molecule has 0 unspecified atom stereocenters. The number of rotatable bonds is 5. The summed E-state index contributed by atoms with van der Waals surface area (Å²) in [4.78, 5) is 2.18. The molecule has 0 aliphatic carbocycles. The highest BCUT2D eigenvalue weighted by molar-refractivity contribution is 9.10. The quantitative estimate of drug-likeness (QED) is 0.549. The van der Waals surface area contributed by atoms with Crippen LogP contribution in [0.2, 0.25) is 0 Å². The number of hydrogen-bond donors (Lipinski definition) is 0. The van der Waals surface area contributed by atoms with Gasteiger partial charge in [0.1, 0.15) is 5.82 Å². The summed E-state index contributed by atoms with van der Waals surface area (Å²) in [7, 11) is 0. The monoisotopic (exact) mass is 369 g/mol. The Hall–Kier alpha value is -2.13. The molecule has 116 valence electrons. The third-order valence-electron chi connectivity index (χ3n) is 3.70. The Balaban J connectivity index is 1.90. The van der Waals surface area contributed by atoms with Gasteiger partial charge in [-0.25, -0.2) is 4.39 Å². The van der Waals surface area contributed by atoms with Gasteiger partial charge >= 0.3 is 0 Å². The van der Waals surface area contributed by atoms with Crippen LogP contribution in [0.1, 0.15) is 11.1 Å². The van der Waals surface area contributed by atoms with Crippen LogP contribution in [0.5, 0.6) is 0 Å². The van der Waals surface area contributed by atoms with Crippen LogP contribution >= 0.6 is 15.9 Å². The molecule has 0 aliphatic heterocycles. The van der Waals surface area contributed by atoms with Crippen LogP contribution in [0.25, 0.3) is 0 Å². The van der Waals surface area contributed by atoms with Gasteiger partial charge < -0.3 is 4.90 Å². The third-order valence-corrected chi connectivity index (χ3v) is 4.34. The lowest BCUT2D eigenvalue weighted by Gasteiger charge is -2.25. The Labute approximate surface area is 144 Å². The minimum atomic E-state index is -0.242. The Bertz CT molecular complexity index is 718. The van der Waals surface area contributed by atoms with Crippen LogP contribution < -0.4 is 4.90 Å². The number of hydrogen-bond acceptors (Lipinski definition) is 1. The summed E-state index contributed by atoms with van der Waals surface area (Å²) >= 11 is 3.22. The minimum absolute atomic E-state index is 0.242. The predicted octanol–water partition coefficient (Wildman–Crippen LogP) is 5.80. The van der Waals surface area contributed by atoms with Crippen molar-refractivity contribution in [3.63, 3.8) is 0 Å². The van der Waals surface area contributed by atoms with Crippen LogP contribution in [0.3, 0.4) is 0 Å². The molecule has 0 bridgehead atoms. The number of halogens is 2. The van der Waals surface area contributed by atoms with Gasteiger partial charge in [-0.1, -0.05) is 60.7 Å². The van der Waals surface area contributed by atoms with Crippen LogP contribution in [-0.2, 0) is 13.1 Å². The highest BCUT2D eigenvalue weighted by atomic mass is 79.9. The van der Waals surface area contributed by atoms with E-state index in [4.69, 9.17) is 0 Å². The number of nitrogens with zero attached hydrogens (tertiary/aromatic N) is 1. The van der Waals surface area contributed by atoms with E-state index in [-0.39, 0.29) is 5.82 Å². The Morgan fingerprint density at radius 1 is 0.739 bits per heavy atom. The fourth-order valence-corrected chi connectivity index (χ4v) is 2.77. The second-order valence-corrected chi connectivity index (χ2v) is 6.28. The summed E-state index contributed by atoms with van der Waals surface area (Å²) in [5, 5.41) is 0. The average molecular weight is 370 g/mol. The molecule has 1 nitrogen and oxygen atoms in total. The minimum Gasteiger partial charge on any atom is -0.363 e. The van der Waals surface area contributed by atoms with E-state index in [1.807, 2.05) is 42.5 Å². The molecule has 0 heterocycles. The van der Waals surface area contributed by atoms with Gasteiger partial charge in [0.15, 0.2) is 0 Å². The third kappa shape index (κ3) is 4.20. The first kappa shape index (κ1) is 15.8. The molecule has 3 rings (SSSR count). The average Bonchev–Trinajstić information content (AvgIpc) is 2.59. The maximum Gasteiger partial charge on any atom is 0.139 e. The first-order chi connectivity index (χ1) is 11.2. The Kier molecular flexibility index (Phi) is 5.09. The highest BCUT2D eigenvalue weighted by Gasteiger charge is 2.11. The molecule has 23 heavy (non-hydrogen) atoms. The van der Waals surface area contributed by atoms with Gasteiger partial charge in [0, 0.05) is 18.8 Å². The molecular weight excluding hydrogens is 353 g/mol. The summed E-state index contributed by atoms with van der Waals surface area (Å²) in [6, 6.07) is 25.8. The highest BCUT2D eigenvalue weighted by Crippen LogP contribution is 2.25. The molecule has 0 aromatic heterocycles. The first-order valence-electron chi connectivity index (χ1n) is 7.50. The Morgan fingerprint density at radius 3 is 1.74 bits per heavy atom. The molecule has 3 aromatic carbocycles. The second kappa shape index (κ2) is 7.42. The van der Waals surface area contributed by atoms with Gasteiger partial charge in [0.05, 0.1) is 4.47 Å². The van der Waals surface area contributed by atoms with E-state index in [9.17, 15) is 4.39 Å². The van der Waals surface area contributed by atoms with Crippen molar-refractivity contribution in [2.45, 2.75) is 13.1 Å². The summed E-state index contributed by atoms with van der Waals surface area (Å²) in [5.74, 6) is -0.242. The van der Waals surface area contributed by atoms with E-state index < -0.39 is 0 Å². The number of benzene rings is 3. The standard InChI is InChI=1S/C20H17BrFN/c21-19-12-11-18(13-20(19)22)23(14-16-7-3-1-4-8-16)15-17-9-5-2-6-10-17/h1-13H,14-15H2. The molecule has 0 saturated heterocycles. The smallest absolute Gasteiger partial charge is 0.139 e. The van der Waals surface area contributed by atoms with Crippen LogP contribution in [-0.4, -0.2) is 0 Å². The normalized spacial score (nSPS) is 10.5. The van der Waals surface area contributed by atoms with Crippen LogP contribution in [0, 0.1) is 5.82 Å². The zero-order valence-electron chi connectivity index (χ0n) is 12.6. The van der Waals surface area contributed by atoms with Crippen molar-refractivity contribution >= 4 is 21.6 Å². The fraction of sp³-hybridized carbons (Fsp3) is 0.100. The number of anilines is 1. The van der Waals surface area contributed by atoms with Gasteiger partial charge in [-0.2, -0.15) is 0 Å². The second-order valence-electron chi connectivity index (χ2n) is 5.43. The van der Waals surface area contributed by atoms with Crippen molar-refractivity contribution in [3.8, 4) is 0 Å². The molecule has 0 N–H and O–H groups in total. The summed E-state index contributed by atoms with van der Waals surface area (Å²) in [6.07, 6.45) is 0. The van der Waals surface area contributed by atoms with Crippen molar-refractivity contribution in [2.24, 2.45) is 0 Å². The molecule has 0 radical (unpaired) electrons. The molecule has 0 saturated carbocycles. The van der Waals surface area contributed by atoms with Crippen molar-refractivity contribution in [1.29, 1.82) is 0 Å². The van der Waals surface area contributed by atoms with Gasteiger partial charge in [-0.3, -0.25) is 0 Å². The van der Waals surface area contributed by atoms with E-state index in [0.29, 0.717) is 4.47 Å². The van der Waals surface area contributed by atoms with Crippen molar-refractivity contribution in [2.75, 3.05) is 4.90 Å². The molecule has 3 aromatic rings. The van der Waals surface area contributed by atoms with Gasteiger partial charge in [-0.15, -0.1) is 0 Å². The van der Waals surface area contributed by atoms with E-state index in [2.05, 4.69) is 45.1 Å². The zero-order chi connectivity index (χ0) is 16.1. The maximum atomic E-state index is 13.9. The molecule has 0 amide bonds. The topological polar surface area (TPSA) is 3.24 Å². The SMILES string of the molecule is Fc1cc(N(Cc2ccccc2)Cc2ccccc2)ccc1Br. The predicted molar refractivity (Wildman–Crippen MR) is 96.9 cm³/mol. The fourth-order valence-electron chi connectivity index (χ4n) is 2.53. The summed E-state index contributed by atoms with van der Waals surface area (Å²) in [6.45, 7) is 1.47. The van der Waals surface area contributed by atoms with Crippen molar-refractivity contribution in [3.05, 3.63) is 100 Å². The molecule has 0 spiro atoms. The van der Waals surface area contributed by atoms with Gasteiger partial charge in [0.25, 0.3) is 0 Å². The van der Waals surface area contributed by atoms with Crippen LogP contribution in [0.4, 0.5) is 10.1 Å². The molecule has 0 aliphatic rings. The largest absolute Gasteiger partial charge is 0.363 e. The van der Waals surface area contributed by atoms with E-state index in [1.165, 1.54) is 11.1 Å². The van der Waals surface area contributed by atoms with E-state index in [0.717, 1.165) is 18.8 Å². The summed E-state index contributed by atoms with van der Waals surface area (Å²) < 4.78 is 14.4. The molecule has 3 heteroatoms.